The number of hydrogen-bond acceptors (Lipinski definition) is 2. The number of hydrogen-bond donors (Lipinski definition) is 1. The summed E-state index contributed by atoms with van der Waals surface area (Å²) < 4.78 is 11.7. The van der Waals surface area contributed by atoms with Gasteiger partial charge in [0, 0.05) is 16.7 Å². The number of benzene rings is 1. The van der Waals surface area contributed by atoms with Crippen LogP contribution in [0.2, 0.25) is 5.02 Å². The zero-order valence-corrected chi connectivity index (χ0v) is 10.9. The topological polar surface area (TPSA) is 35.1 Å². The van der Waals surface area contributed by atoms with Gasteiger partial charge in [0.15, 0.2) is 4.90 Å². The average Bonchev–Trinajstić information content (AvgIpc) is 2.30. The molecule has 0 saturated carbocycles. The smallest absolute Gasteiger partial charge is 0.157 e. The molecule has 0 aromatic heterocycles. The van der Waals surface area contributed by atoms with E-state index in [1.807, 2.05) is 18.2 Å². The van der Waals surface area contributed by atoms with E-state index >= 15 is 0 Å². The maximum atomic E-state index is 11.7. The molecule has 1 aromatic carbocycles. The Morgan fingerprint density at radius 1 is 1.38 bits per heavy atom. The molecule has 16 heavy (non-hydrogen) atoms. The fourth-order valence-electron chi connectivity index (χ4n) is 2.23. The summed E-state index contributed by atoms with van der Waals surface area (Å²) in [5, 5.41) is 4.01. The van der Waals surface area contributed by atoms with Crippen LogP contribution < -0.4 is 5.32 Å². The van der Waals surface area contributed by atoms with Gasteiger partial charge in [-0.3, -0.25) is 0 Å². The SMILES string of the molecule is C[S@@+]([O-])c1cc(Cl)ccc1C1CCNCC1. The van der Waals surface area contributed by atoms with Crippen molar-refractivity contribution in [3.63, 3.8) is 0 Å². The molecule has 0 unspecified atom stereocenters. The lowest BCUT2D eigenvalue weighted by molar-refractivity contribution is 0.455. The lowest BCUT2D eigenvalue weighted by Crippen LogP contribution is -2.27. The van der Waals surface area contributed by atoms with E-state index in [1.54, 1.807) is 6.26 Å². The van der Waals surface area contributed by atoms with Gasteiger partial charge in [-0.2, -0.15) is 0 Å². The van der Waals surface area contributed by atoms with Crippen LogP contribution in [-0.4, -0.2) is 23.9 Å². The van der Waals surface area contributed by atoms with Gasteiger partial charge in [-0.15, -0.1) is 0 Å². The molecule has 1 heterocycles. The Labute approximate surface area is 105 Å². The highest BCUT2D eigenvalue weighted by atomic mass is 35.5. The van der Waals surface area contributed by atoms with Crippen molar-refractivity contribution in [3.8, 4) is 0 Å². The highest BCUT2D eigenvalue weighted by molar-refractivity contribution is 7.90. The van der Waals surface area contributed by atoms with E-state index in [4.69, 9.17) is 11.6 Å². The average molecular weight is 258 g/mol. The van der Waals surface area contributed by atoms with E-state index in [0.717, 1.165) is 30.8 Å². The predicted molar refractivity (Wildman–Crippen MR) is 68.6 cm³/mol. The molecule has 0 aliphatic carbocycles. The molecule has 2 nitrogen and oxygen atoms in total. The molecule has 0 amide bonds. The van der Waals surface area contributed by atoms with Crippen molar-refractivity contribution < 1.29 is 4.55 Å². The van der Waals surface area contributed by atoms with Gasteiger partial charge < -0.3 is 9.87 Å². The van der Waals surface area contributed by atoms with Crippen LogP contribution in [0.4, 0.5) is 0 Å². The molecule has 0 bridgehead atoms. The second-order valence-corrected chi connectivity index (χ2v) is 5.95. The van der Waals surface area contributed by atoms with E-state index < -0.39 is 11.2 Å². The zero-order valence-electron chi connectivity index (χ0n) is 9.33. The van der Waals surface area contributed by atoms with Crippen LogP contribution in [0.5, 0.6) is 0 Å². The third-order valence-corrected chi connectivity index (χ3v) is 4.27. The van der Waals surface area contributed by atoms with E-state index in [2.05, 4.69) is 5.32 Å². The summed E-state index contributed by atoms with van der Waals surface area (Å²) in [4.78, 5) is 0.902. The Kier molecular flexibility index (Phi) is 4.14. The van der Waals surface area contributed by atoms with Gasteiger partial charge in [-0.1, -0.05) is 17.7 Å². The predicted octanol–water partition coefficient (Wildman–Crippen LogP) is 2.54. The van der Waals surface area contributed by atoms with Gasteiger partial charge >= 0.3 is 0 Å². The third kappa shape index (κ3) is 2.72. The Morgan fingerprint density at radius 3 is 2.69 bits per heavy atom. The second-order valence-electron chi connectivity index (χ2n) is 4.16. The monoisotopic (exact) mass is 257 g/mol. The normalized spacial score (nSPS) is 19.7. The zero-order chi connectivity index (χ0) is 11.5. The highest BCUT2D eigenvalue weighted by Gasteiger charge is 2.22. The number of piperidine rings is 1. The Morgan fingerprint density at radius 2 is 2.06 bits per heavy atom. The van der Waals surface area contributed by atoms with Crippen molar-refractivity contribution >= 4 is 22.8 Å². The van der Waals surface area contributed by atoms with Crippen LogP contribution in [0, 0.1) is 0 Å². The van der Waals surface area contributed by atoms with Gasteiger partial charge in [0.1, 0.15) is 6.26 Å². The van der Waals surface area contributed by atoms with Crippen LogP contribution in [0.25, 0.3) is 0 Å². The Bertz CT molecular complexity index is 364. The molecule has 1 aliphatic rings. The van der Waals surface area contributed by atoms with Crippen LogP contribution in [0.1, 0.15) is 24.3 Å². The maximum absolute atomic E-state index is 11.7. The maximum Gasteiger partial charge on any atom is 0.157 e. The Balaban J connectivity index is 2.31. The summed E-state index contributed by atoms with van der Waals surface area (Å²) in [5.41, 5.74) is 1.21. The molecule has 1 aromatic rings. The minimum absolute atomic E-state index is 0.525. The second kappa shape index (κ2) is 5.41. The number of rotatable bonds is 2. The summed E-state index contributed by atoms with van der Waals surface area (Å²) in [6.45, 7) is 2.09. The highest BCUT2D eigenvalue weighted by Crippen LogP contribution is 2.32. The van der Waals surface area contributed by atoms with Crippen LogP contribution >= 0.6 is 11.6 Å². The first-order valence-electron chi connectivity index (χ1n) is 5.52. The molecular weight excluding hydrogens is 242 g/mol. The summed E-state index contributed by atoms with van der Waals surface area (Å²) >= 11 is 5.00. The molecule has 0 radical (unpaired) electrons. The molecular formula is C12H16ClNOS. The fourth-order valence-corrected chi connectivity index (χ4v) is 3.32. The van der Waals surface area contributed by atoms with Crippen molar-refractivity contribution in [3.05, 3.63) is 28.8 Å². The van der Waals surface area contributed by atoms with Gasteiger partial charge in [0.05, 0.1) is 0 Å². The van der Waals surface area contributed by atoms with Gasteiger partial charge in [-0.25, -0.2) is 0 Å². The van der Waals surface area contributed by atoms with Gasteiger partial charge in [0.25, 0.3) is 0 Å². The standard InChI is InChI=1S/C12H16ClNOS/c1-16(15)12-8-10(13)2-3-11(12)9-4-6-14-7-5-9/h2-3,8-9,14H,4-7H2,1H3/t16-/m1/s1. The lowest BCUT2D eigenvalue weighted by atomic mass is 9.90. The first kappa shape index (κ1) is 12.2. The van der Waals surface area contributed by atoms with E-state index in [9.17, 15) is 4.55 Å². The molecule has 2 rings (SSSR count). The largest absolute Gasteiger partial charge is 0.612 e. The fraction of sp³-hybridized carbons (Fsp3) is 0.500. The number of nitrogens with one attached hydrogen (secondary N) is 1. The van der Waals surface area contributed by atoms with Crippen molar-refractivity contribution in [1.29, 1.82) is 0 Å². The quantitative estimate of drug-likeness (QED) is 0.827. The van der Waals surface area contributed by atoms with Crippen molar-refractivity contribution in [2.45, 2.75) is 23.7 Å². The van der Waals surface area contributed by atoms with Crippen molar-refractivity contribution in [2.75, 3.05) is 19.3 Å². The molecule has 4 heteroatoms. The van der Waals surface area contributed by atoms with E-state index in [0.29, 0.717) is 10.9 Å². The van der Waals surface area contributed by atoms with E-state index in [-0.39, 0.29) is 0 Å². The van der Waals surface area contributed by atoms with Gasteiger partial charge in [0.2, 0.25) is 0 Å². The summed E-state index contributed by atoms with van der Waals surface area (Å²) in [6, 6.07) is 5.78. The molecule has 1 saturated heterocycles. The minimum atomic E-state index is -0.957. The van der Waals surface area contributed by atoms with Gasteiger partial charge in [-0.05, 0) is 49.1 Å². The Hall–Kier alpha value is -0.220. The first-order chi connectivity index (χ1) is 7.68. The van der Waals surface area contributed by atoms with E-state index in [1.165, 1.54) is 5.56 Å². The first-order valence-corrected chi connectivity index (χ1v) is 7.45. The molecule has 1 atom stereocenters. The van der Waals surface area contributed by atoms with Crippen molar-refractivity contribution in [1.82, 2.24) is 5.32 Å². The molecule has 1 N–H and O–H groups in total. The minimum Gasteiger partial charge on any atom is -0.612 e. The molecule has 88 valence electrons. The third-order valence-electron chi connectivity index (χ3n) is 3.06. The van der Waals surface area contributed by atoms with Crippen molar-refractivity contribution in [2.24, 2.45) is 0 Å². The summed E-state index contributed by atoms with van der Waals surface area (Å²) in [5.74, 6) is 0.525. The number of halogens is 1. The lowest BCUT2D eigenvalue weighted by Gasteiger charge is -2.24. The van der Waals surface area contributed by atoms with Crippen LogP contribution in [0.3, 0.4) is 0 Å². The summed E-state index contributed by atoms with van der Waals surface area (Å²) in [7, 11) is 0. The molecule has 1 fully saturated rings. The summed E-state index contributed by atoms with van der Waals surface area (Å²) in [6.07, 6.45) is 3.95. The molecule has 1 aliphatic heterocycles. The molecule has 0 spiro atoms. The van der Waals surface area contributed by atoms with Crippen LogP contribution in [-0.2, 0) is 11.2 Å². The van der Waals surface area contributed by atoms with Crippen LogP contribution in [0.15, 0.2) is 23.1 Å².